The van der Waals surface area contributed by atoms with Gasteiger partial charge < -0.3 is 9.84 Å². The van der Waals surface area contributed by atoms with Gasteiger partial charge in [0.25, 0.3) is 0 Å². The fourth-order valence-electron chi connectivity index (χ4n) is 3.07. The number of hydrogen-bond acceptors (Lipinski definition) is 5. The molecule has 0 aromatic heterocycles. The van der Waals surface area contributed by atoms with Gasteiger partial charge in [-0.05, 0) is 35.9 Å². The molecule has 0 spiro atoms. The molecule has 1 N–H and O–H groups in total. The Balaban J connectivity index is 1.60. The second kappa shape index (κ2) is 9.43. The molecule has 1 fully saturated rings. The summed E-state index contributed by atoms with van der Waals surface area (Å²) in [6.07, 6.45) is 0. The molecular weight excluding hydrogens is 423 g/mol. The van der Waals surface area contributed by atoms with Crippen molar-refractivity contribution in [3.8, 4) is 5.75 Å². The van der Waals surface area contributed by atoms with E-state index in [2.05, 4.69) is 4.90 Å². The number of rotatable bonds is 7. The van der Waals surface area contributed by atoms with Crippen molar-refractivity contribution < 1.29 is 18.3 Å². The van der Waals surface area contributed by atoms with E-state index in [9.17, 15) is 8.42 Å². The minimum Gasteiger partial charge on any atom is -0.491 e. The number of hydrogen-bond donors (Lipinski definition) is 1. The average molecular weight is 445 g/mol. The van der Waals surface area contributed by atoms with E-state index in [0.717, 1.165) is 5.56 Å². The van der Waals surface area contributed by atoms with Crippen LogP contribution in [0.2, 0.25) is 10.0 Å². The summed E-state index contributed by atoms with van der Waals surface area (Å²) in [6.45, 7) is 3.00. The highest BCUT2D eigenvalue weighted by molar-refractivity contribution is 7.89. The quantitative estimate of drug-likeness (QED) is 0.710. The molecule has 1 heterocycles. The highest BCUT2D eigenvalue weighted by atomic mass is 35.5. The van der Waals surface area contributed by atoms with E-state index in [1.165, 1.54) is 22.5 Å². The maximum atomic E-state index is 12.8. The van der Waals surface area contributed by atoms with Crippen molar-refractivity contribution in [3.05, 3.63) is 58.1 Å². The van der Waals surface area contributed by atoms with Gasteiger partial charge >= 0.3 is 0 Å². The topological polar surface area (TPSA) is 70.1 Å². The zero-order valence-corrected chi connectivity index (χ0v) is 17.6. The van der Waals surface area contributed by atoms with Gasteiger partial charge in [-0.25, -0.2) is 8.42 Å². The molecule has 0 bridgehead atoms. The second-order valence-corrected chi connectivity index (χ2v) is 9.23. The highest BCUT2D eigenvalue weighted by Gasteiger charge is 2.28. The molecule has 2 aromatic carbocycles. The molecule has 0 atom stereocenters. The van der Waals surface area contributed by atoms with Gasteiger partial charge in [0.15, 0.2) is 0 Å². The summed E-state index contributed by atoms with van der Waals surface area (Å²) in [7, 11) is -3.59. The Kier molecular flexibility index (Phi) is 7.20. The van der Waals surface area contributed by atoms with Crippen molar-refractivity contribution in [2.75, 3.05) is 39.4 Å². The van der Waals surface area contributed by atoms with Crippen LogP contribution in [0.25, 0.3) is 0 Å². The van der Waals surface area contributed by atoms with Gasteiger partial charge in [-0.1, -0.05) is 35.3 Å². The van der Waals surface area contributed by atoms with Gasteiger partial charge in [0, 0.05) is 32.7 Å². The lowest BCUT2D eigenvalue weighted by atomic mass is 10.2. The van der Waals surface area contributed by atoms with E-state index in [-0.39, 0.29) is 23.1 Å². The summed E-state index contributed by atoms with van der Waals surface area (Å²) in [4.78, 5) is 2.36. The number of aliphatic hydroxyl groups excluding tert-OH is 1. The lowest BCUT2D eigenvalue weighted by molar-refractivity contribution is 0.181. The van der Waals surface area contributed by atoms with Crippen LogP contribution >= 0.6 is 23.2 Å². The molecule has 1 saturated heterocycles. The molecule has 152 valence electrons. The number of benzene rings is 2. The van der Waals surface area contributed by atoms with Crippen molar-refractivity contribution in [3.63, 3.8) is 0 Å². The second-order valence-electron chi connectivity index (χ2n) is 6.48. The largest absolute Gasteiger partial charge is 0.491 e. The first kappa shape index (κ1) is 21.4. The van der Waals surface area contributed by atoms with E-state index in [4.69, 9.17) is 33.0 Å². The molecule has 0 unspecified atom stereocenters. The van der Waals surface area contributed by atoms with Crippen LogP contribution in [0.4, 0.5) is 0 Å². The standard InChI is InChI=1S/C19H22Cl2N2O4S/c20-18-5-4-17(13-19(18)21)28(25,26)23-8-6-22(7-9-23)14-15-2-1-3-16(12-15)27-11-10-24/h1-5,12-13,24H,6-11,14H2. The molecule has 28 heavy (non-hydrogen) atoms. The molecule has 0 radical (unpaired) electrons. The first-order valence-corrected chi connectivity index (χ1v) is 11.1. The number of ether oxygens (including phenoxy) is 1. The van der Waals surface area contributed by atoms with Gasteiger partial charge in [0.1, 0.15) is 12.4 Å². The van der Waals surface area contributed by atoms with Gasteiger partial charge in [-0.3, -0.25) is 4.90 Å². The van der Waals surface area contributed by atoms with Crippen LogP contribution in [-0.4, -0.2) is 62.1 Å². The first-order valence-electron chi connectivity index (χ1n) is 8.90. The summed E-state index contributed by atoms with van der Waals surface area (Å²) < 4.78 is 32.6. The number of nitrogens with zero attached hydrogens (tertiary/aromatic N) is 2. The molecule has 0 aliphatic carbocycles. The fourth-order valence-corrected chi connectivity index (χ4v) is 4.88. The van der Waals surface area contributed by atoms with Gasteiger partial charge in [0.2, 0.25) is 10.0 Å². The molecule has 3 rings (SSSR count). The average Bonchev–Trinajstić information content (AvgIpc) is 2.69. The van der Waals surface area contributed by atoms with Crippen molar-refractivity contribution >= 4 is 33.2 Å². The third-order valence-electron chi connectivity index (χ3n) is 4.52. The van der Waals surface area contributed by atoms with Crippen LogP contribution in [-0.2, 0) is 16.6 Å². The Bertz CT molecular complexity index is 916. The zero-order valence-electron chi connectivity index (χ0n) is 15.2. The molecule has 0 saturated carbocycles. The lowest BCUT2D eigenvalue weighted by Gasteiger charge is -2.34. The Morgan fingerprint density at radius 3 is 2.43 bits per heavy atom. The van der Waals surface area contributed by atoms with E-state index in [0.29, 0.717) is 43.5 Å². The van der Waals surface area contributed by atoms with Gasteiger partial charge in [-0.15, -0.1) is 0 Å². The predicted octanol–water partition coefficient (Wildman–Crippen LogP) is 2.87. The van der Waals surface area contributed by atoms with Crippen molar-refractivity contribution in [1.82, 2.24) is 9.21 Å². The Morgan fingerprint density at radius 2 is 1.75 bits per heavy atom. The molecule has 6 nitrogen and oxygen atoms in total. The zero-order chi connectivity index (χ0) is 20.1. The Labute approximate surface area is 175 Å². The molecular formula is C19H22Cl2N2O4S. The van der Waals surface area contributed by atoms with E-state index >= 15 is 0 Å². The van der Waals surface area contributed by atoms with Crippen LogP contribution in [0, 0.1) is 0 Å². The van der Waals surface area contributed by atoms with Crippen molar-refractivity contribution in [1.29, 1.82) is 0 Å². The third kappa shape index (κ3) is 5.17. The minimum atomic E-state index is -3.59. The minimum absolute atomic E-state index is 0.0283. The molecule has 2 aromatic rings. The Morgan fingerprint density at radius 1 is 1.00 bits per heavy atom. The predicted molar refractivity (Wildman–Crippen MR) is 110 cm³/mol. The number of aliphatic hydroxyl groups is 1. The summed E-state index contributed by atoms with van der Waals surface area (Å²) in [6, 6.07) is 12.1. The lowest BCUT2D eigenvalue weighted by Crippen LogP contribution is -2.48. The molecule has 1 aliphatic heterocycles. The first-order chi connectivity index (χ1) is 13.4. The highest BCUT2D eigenvalue weighted by Crippen LogP contribution is 2.27. The van der Waals surface area contributed by atoms with E-state index < -0.39 is 10.0 Å². The molecule has 9 heteroatoms. The Hall–Kier alpha value is -1.35. The van der Waals surface area contributed by atoms with Crippen LogP contribution in [0.15, 0.2) is 47.4 Å². The summed E-state index contributed by atoms with van der Waals surface area (Å²) in [5, 5.41) is 9.41. The number of halogens is 2. The molecule has 1 aliphatic rings. The van der Waals surface area contributed by atoms with Gasteiger partial charge in [0.05, 0.1) is 21.5 Å². The fraction of sp³-hybridized carbons (Fsp3) is 0.368. The van der Waals surface area contributed by atoms with E-state index in [1.54, 1.807) is 0 Å². The molecule has 0 amide bonds. The van der Waals surface area contributed by atoms with Crippen molar-refractivity contribution in [2.45, 2.75) is 11.4 Å². The number of piperazine rings is 1. The third-order valence-corrected chi connectivity index (χ3v) is 7.16. The smallest absolute Gasteiger partial charge is 0.243 e. The summed E-state index contributed by atoms with van der Waals surface area (Å²) >= 11 is 11.9. The maximum Gasteiger partial charge on any atom is 0.243 e. The van der Waals surface area contributed by atoms with Crippen LogP contribution < -0.4 is 4.74 Å². The van der Waals surface area contributed by atoms with E-state index in [1.807, 2.05) is 24.3 Å². The summed E-state index contributed by atoms with van der Waals surface area (Å²) in [5.74, 6) is 0.715. The van der Waals surface area contributed by atoms with Crippen molar-refractivity contribution in [2.24, 2.45) is 0 Å². The van der Waals surface area contributed by atoms with Crippen LogP contribution in [0.5, 0.6) is 5.75 Å². The van der Waals surface area contributed by atoms with Gasteiger partial charge in [-0.2, -0.15) is 4.31 Å². The SMILES string of the molecule is O=S(=O)(c1ccc(Cl)c(Cl)c1)N1CCN(Cc2cccc(OCCO)c2)CC1. The summed E-state index contributed by atoms with van der Waals surface area (Å²) in [5.41, 5.74) is 1.08. The number of sulfonamides is 1. The van der Waals surface area contributed by atoms with Crippen LogP contribution in [0.1, 0.15) is 5.56 Å². The van der Waals surface area contributed by atoms with Crippen LogP contribution in [0.3, 0.4) is 0 Å². The monoisotopic (exact) mass is 444 g/mol. The maximum absolute atomic E-state index is 12.8. The normalized spacial score (nSPS) is 16.2.